The summed E-state index contributed by atoms with van der Waals surface area (Å²) in [5, 5.41) is 11.6. The van der Waals surface area contributed by atoms with Crippen LogP contribution in [0.2, 0.25) is 0 Å². The Morgan fingerprint density at radius 2 is 1.91 bits per heavy atom. The standard InChI is InChI=1S/C18H23NO3/c1-17(2)13(8-10-18(17,3)16(21)22)15(20)19-11-9-12-6-4-5-7-14(12)19/h4-7,13H,8-11H2,1-3H3,(H,21,22)/p-1/t13-,18+/m0/s1. The molecule has 4 heteroatoms. The molecule has 0 N–H and O–H groups in total. The van der Waals surface area contributed by atoms with Crippen LogP contribution in [0.1, 0.15) is 39.2 Å². The first-order valence-electron chi connectivity index (χ1n) is 7.90. The summed E-state index contributed by atoms with van der Waals surface area (Å²) < 4.78 is 0. The Labute approximate surface area is 131 Å². The summed E-state index contributed by atoms with van der Waals surface area (Å²) in [4.78, 5) is 26.5. The summed E-state index contributed by atoms with van der Waals surface area (Å²) in [7, 11) is 0. The van der Waals surface area contributed by atoms with Crippen LogP contribution in [0.25, 0.3) is 0 Å². The third-order valence-corrected chi connectivity index (χ3v) is 6.13. The number of carboxylic acids is 1. The van der Waals surface area contributed by atoms with Crippen molar-refractivity contribution in [2.45, 2.75) is 40.0 Å². The van der Waals surface area contributed by atoms with Crippen LogP contribution in [0.5, 0.6) is 0 Å². The molecule has 1 aromatic rings. The lowest BCUT2D eigenvalue weighted by molar-refractivity contribution is -0.323. The number of anilines is 1. The molecule has 3 rings (SSSR count). The van der Waals surface area contributed by atoms with E-state index >= 15 is 0 Å². The van der Waals surface area contributed by atoms with E-state index in [9.17, 15) is 14.7 Å². The summed E-state index contributed by atoms with van der Waals surface area (Å²) in [5.41, 5.74) is 0.604. The first kappa shape index (κ1) is 15.1. The molecular formula is C18H22NO3-. The van der Waals surface area contributed by atoms with Gasteiger partial charge in [-0.25, -0.2) is 0 Å². The highest BCUT2D eigenvalue weighted by atomic mass is 16.4. The maximum Gasteiger partial charge on any atom is 0.230 e. The molecule has 0 unspecified atom stereocenters. The molecule has 0 spiro atoms. The lowest BCUT2D eigenvalue weighted by Crippen LogP contribution is -2.50. The molecule has 1 heterocycles. The average molecular weight is 300 g/mol. The molecule has 2 aliphatic rings. The molecule has 1 aliphatic carbocycles. The number of carbonyl (C=O) groups is 2. The second-order valence-electron chi connectivity index (χ2n) is 7.30. The summed E-state index contributed by atoms with van der Waals surface area (Å²) >= 11 is 0. The van der Waals surface area contributed by atoms with Crippen molar-refractivity contribution in [3.05, 3.63) is 29.8 Å². The van der Waals surface area contributed by atoms with E-state index in [1.54, 1.807) is 6.92 Å². The van der Waals surface area contributed by atoms with E-state index in [1.807, 2.05) is 43.0 Å². The molecule has 1 amide bonds. The summed E-state index contributed by atoms with van der Waals surface area (Å²) in [6, 6.07) is 7.95. The van der Waals surface area contributed by atoms with Crippen LogP contribution >= 0.6 is 0 Å². The van der Waals surface area contributed by atoms with Crippen molar-refractivity contribution in [3.8, 4) is 0 Å². The van der Waals surface area contributed by atoms with Gasteiger partial charge in [0.1, 0.15) is 0 Å². The van der Waals surface area contributed by atoms with Gasteiger partial charge in [0.2, 0.25) is 5.91 Å². The van der Waals surface area contributed by atoms with Crippen molar-refractivity contribution in [2.24, 2.45) is 16.7 Å². The van der Waals surface area contributed by atoms with Crippen LogP contribution in [-0.4, -0.2) is 18.4 Å². The highest BCUT2D eigenvalue weighted by Gasteiger charge is 2.55. The molecule has 22 heavy (non-hydrogen) atoms. The normalized spacial score (nSPS) is 29.4. The molecule has 0 radical (unpaired) electrons. The van der Waals surface area contributed by atoms with E-state index in [-0.39, 0.29) is 11.8 Å². The fraction of sp³-hybridized carbons (Fsp3) is 0.556. The van der Waals surface area contributed by atoms with E-state index < -0.39 is 16.8 Å². The Kier molecular flexibility index (Phi) is 3.31. The molecule has 1 aromatic carbocycles. The molecule has 0 bridgehead atoms. The smallest absolute Gasteiger partial charge is 0.230 e. The molecule has 1 fully saturated rings. The third kappa shape index (κ3) is 1.89. The third-order valence-electron chi connectivity index (χ3n) is 6.13. The van der Waals surface area contributed by atoms with Gasteiger partial charge in [0.15, 0.2) is 0 Å². The van der Waals surface area contributed by atoms with Crippen molar-refractivity contribution >= 4 is 17.6 Å². The van der Waals surface area contributed by atoms with Crippen molar-refractivity contribution in [3.63, 3.8) is 0 Å². The highest BCUT2D eigenvalue weighted by molar-refractivity contribution is 5.98. The number of benzene rings is 1. The lowest BCUT2D eigenvalue weighted by Gasteiger charge is -2.42. The van der Waals surface area contributed by atoms with Crippen LogP contribution < -0.4 is 10.0 Å². The van der Waals surface area contributed by atoms with Crippen molar-refractivity contribution in [1.82, 2.24) is 0 Å². The Morgan fingerprint density at radius 3 is 2.55 bits per heavy atom. The Morgan fingerprint density at radius 1 is 1.23 bits per heavy atom. The van der Waals surface area contributed by atoms with Gasteiger partial charge in [-0.3, -0.25) is 4.79 Å². The predicted molar refractivity (Wildman–Crippen MR) is 82.1 cm³/mol. The monoisotopic (exact) mass is 300 g/mol. The van der Waals surface area contributed by atoms with Gasteiger partial charge in [0.05, 0.1) is 0 Å². The van der Waals surface area contributed by atoms with E-state index in [2.05, 4.69) is 0 Å². The fourth-order valence-electron chi connectivity index (χ4n) is 4.05. The summed E-state index contributed by atoms with van der Waals surface area (Å²) in [6.07, 6.45) is 1.97. The van der Waals surface area contributed by atoms with Crippen LogP contribution in [0, 0.1) is 16.7 Å². The number of aliphatic carboxylic acids is 1. The number of nitrogens with zero attached hydrogens (tertiary/aromatic N) is 1. The van der Waals surface area contributed by atoms with Crippen LogP contribution in [0.15, 0.2) is 24.3 Å². The molecule has 4 nitrogen and oxygen atoms in total. The Hall–Kier alpha value is -1.84. The summed E-state index contributed by atoms with van der Waals surface area (Å²) in [5.74, 6) is -1.27. The zero-order valence-electron chi connectivity index (χ0n) is 13.4. The SMILES string of the molecule is CC1(C)[C@H](C(=O)N2CCc3ccccc32)CC[C@]1(C)C(=O)[O-]. The first-order chi connectivity index (χ1) is 10.3. The van der Waals surface area contributed by atoms with E-state index in [1.165, 1.54) is 5.56 Å². The van der Waals surface area contributed by atoms with Crippen LogP contribution in [0.3, 0.4) is 0 Å². The van der Waals surface area contributed by atoms with E-state index in [0.29, 0.717) is 19.4 Å². The topological polar surface area (TPSA) is 60.4 Å². The zero-order chi connectivity index (χ0) is 16.1. The lowest BCUT2D eigenvalue weighted by atomic mass is 9.65. The fourth-order valence-corrected chi connectivity index (χ4v) is 4.05. The second-order valence-corrected chi connectivity index (χ2v) is 7.30. The van der Waals surface area contributed by atoms with Gasteiger partial charge < -0.3 is 14.8 Å². The number of fused-ring (bicyclic) bond motifs is 1. The molecule has 1 aliphatic heterocycles. The molecule has 0 saturated heterocycles. The van der Waals surface area contributed by atoms with Gasteiger partial charge in [0, 0.05) is 29.5 Å². The van der Waals surface area contributed by atoms with E-state index in [4.69, 9.17) is 0 Å². The van der Waals surface area contributed by atoms with E-state index in [0.717, 1.165) is 12.1 Å². The van der Waals surface area contributed by atoms with Gasteiger partial charge in [0.25, 0.3) is 0 Å². The number of carboxylic acid groups (broad SMARTS) is 1. The predicted octanol–water partition coefficient (Wildman–Crippen LogP) is 1.77. The average Bonchev–Trinajstić information content (AvgIpc) is 2.99. The molecule has 118 valence electrons. The molecule has 0 aromatic heterocycles. The minimum absolute atomic E-state index is 0.0555. The molecule has 2 atom stereocenters. The Balaban J connectivity index is 1.90. The quantitative estimate of drug-likeness (QED) is 0.836. The zero-order valence-corrected chi connectivity index (χ0v) is 13.4. The van der Waals surface area contributed by atoms with Crippen molar-refractivity contribution < 1.29 is 14.7 Å². The number of hydrogen-bond donors (Lipinski definition) is 0. The molecule has 1 saturated carbocycles. The van der Waals surface area contributed by atoms with Crippen molar-refractivity contribution in [2.75, 3.05) is 11.4 Å². The maximum absolute atomic E-state index is 13.0. The van der Waals surface area contributed by atoms with Gasteiger partial charge in [-0.05, 0) is 36.3 Å². The van der Waals surface area contributed by atoms with Gasteiger partial charge in [-0.15, -0.1) is 0 Å². The number of para-hydroxylation sites is 1. The summed E-state index contributed by atoms with van der Waals surface area (Å²) in [6.45, 7) is 6.18. The largest absolute Gasteiger partial charge is 0.550 e. The Bertz CT molecular complexity index is 637. The number of rotatable bonds is 2. The second kappa shape index (κ2) is 4.83. The minimum atomic E-state index is -1.05. The maximum atomic E-state index is 13.0. The van der Waals surface area contributed by atoms with Gasteiger partial charge >= 0.3 is 0 Å². The number of hydrogen-bond acceptors (Lipinski definition) is 3. The number of carbonyl (C=O) groups excluding carboxylic acids is 2. The van der Waals surface area contributed by atoms with Crippen molar-refractivity contribution in [1.29, 1.82) is 0 Å². The highest BCUT2D eigenvalue weighted by Crippen LogP contribution is 2.56. The number of amides is 1. The van der Waals surface area contributed by atoms with Crippen LogP contribution in [-0.2, 0) is 16.0 Å². The minimum Gasteiger partial charge on any atom is -0.550 e. The molecular weight excluding hydrogens is 278 g/mol. The first-order valence-corrected chi connectivity index (χ1v) is 7.90. The van der Waals surface area contributed by atoms with Crippen LogP contribution in [0.4, 0.5) is 5.69 Å². The van der Waals surface area contributed by atoms with Gasteiger partial charge in [-0.1, -0.05) is 39.0 Å². The van der Waals surface area contributed by atoms with Gasteiger partial charge in [-0.2, -0.15) is 0 Å².